The Balaban J connectivity index is 1.52. The molecular formula is C18H21N3O4. The molecule has 0 aromatic heterocycles. The molecule has 1 spiro atoms. The summed E-state index contributed by atoms with van der Waals surface area (Å²) < 4.78 is 5.29. The molecule has 1 aromatic carbocycles. The van der Waals surface area contributed by atoms with Gasteiger partial charge in [-0.3, -0.25) is 14.5 Å². The Morgan fingerprint density at radius 2 is 1.96 bits per heavy atom. The van der Waals surface area contributed by atoms with Crippen LogP contribution in [-0.2, 0) is 20.7 Å². The van der Waals surface area contributed by atoms with Gasteiger partial charge in [-0.1, -0.05) is 18.2 Å². The molecule has 1 aromatic rings. The molecule has 0 atom stereocenters. The molecule has 7 nitrogen and oxygen atoms in total. The van der Waals surface area contributed by atoms with Crippen LogP contribution in [0.1, 0.15) is 24.8 Å². The Morgan fingerprint density at radius 3 is 2.76 bits per heavy atom. The molecule has 7 heteroatoms. The zero-order valence-electron chi connectivity index (χ0n) is 14.0. The lowest BCUT2D eigenvalue weighted by molar-refractivity contribution is -0.137. The van der Waals surface area contributed by atoms with Crippen LogP contribution in [0, 0.1) is 0 Å². The fourth-order valence-electron chi connectivity index (χ4n) is 3.89. The van der Waals surface area contributed by atoms with E-state index in [1.54, 1.807) is 4.90 Å². The van der Waals surface area contributed by atoms with Crippen LogP contribution >= 0.6 is 0 Å². The van der Waals surface area contributed by atoms with Gasteiger partial charge in [0.1, 0.15) is 12.1 Å². The molecule has 4 amide bonds. The van der Waals surface area contributed by atoms with Crippen molar-refractivity contribution in [2.24, 2.45) is 0 Å². The third-order valence-corrected chi connectivity index (χ3v) is 5.30. The van der Waals surface area contributed by atoms with E-state index >= 15 is 0 Å². The summed E-state index contributed by atoms with van der Waals surface area (Å²) in [5.41, 5.74) is 1.11. The van der Waals surface area contributed by atoms with Gasteiger partial charge < -0.3 is 15.0 Å². The summed E-state index contributed by atoms with van der Waals surface area (Å²) in [6.45, 7) is 1.26. The maximum absolute atomic E-state index is 12.8. The van der Waals surface area contributed by atoms with Crippen LogP contribution in [-0.4, -0.2) is 54.6 Å². The molecular weight excluding hydrogens is 322 g/mol. The average molecular weight is 343 g/mol. The van der Waals surface area contributed by atoms with E-state index in [1.165, 1.54) is 0 Å². The quantitative estimate of drug-likeness (QED) is 0.815. The van der Waals surface area contributed by atoms with E-state index in [0.717, 1.165) is 29.0 Å². The first-order valence-corrected chi connectivity index (χ1v) is 8.71. The minimum atomic E-state index is -0.893. The van der Waals surface area contributed by atoms with E-state index < -0.39 is 11.6 Å². The molecule has 2 fully saturated rings. The number of hydrogen-bond acceptors (Lipinski definition) is 4. The van der Waals surface area contributed by atoms with Crippen molar-refractivity contribution in [1.82, 2.24) is 10.2 Å². The van der Waals surface area contributed by atoms with Gasteiger partial charge >= 0.3 is 6.03 Å². The number of nitrogens with one attached hydrogen (secondary N) is 1. The number of hydrogen-bond donors (Lipinski definition) is 1. The van der Waals surface area contributed by atoms with Gasteiger partial charge in [0.05, 0.1) is 0 Å². The maximum atomic E-state index is 12.8. The van der Waals surface area contributed by atoms with E-state index in [2.05, 4.69) is 5.32 Å². The van der Waals surface area contributed by atoms with Crippen LogP contribution in [0.3, 0.4) is 0 Å². The van der Waals surface area contributed by atoms with E-state index in [4.69, 9.17) is 4.74 Å². The Labute approximate surface area is 145 Å². The van der Waals surface area contributed by atoms with Crippen LogP contribution in [0.5, 0.6) is 0 Å². The summed E-state index contributed by atoms with van der Waals surface area (Å²) in [5, 5.41) is 2.78. The fraction of sp³-hybridized carbons (Fsp3) is 0.500. The average Bonchev–Trinajstić information content (AvgIpc) is 2.86. The highest BCUT2D eigenvalue weighted by atomic mass is 16.5. The van der Waals surface area contributed by atoms with Crippen LogP contribution in [0.2, 0.25) is 0 Å². The minimum Gasteiger partial charge on any atom is -0.381 e. The number of imide groups is 1. The summed E-state index contributed by atoms with van der Waals surface area (Å²) >= 11 is 0. The lowest BCUT2D eigenvalue weighted by Gasteiger charge is -2.31. The molecule has 132 valence electrons. The van der Waals surface area contributed by atoms with Crippen molar-refractivity contribution in [2.75, 3.05) is 31.2 Å². The maximum Gasteiger partial charge on any atom is 0.325 e. The monoisotopic (exact) mass is 343 g/mol. The van der Waals surface area contributed by atoms with Gasteiger partial charge in [0.2, 0.25) is 5.91 Å². The number of carbonyl (C=O) groups excluding carboxylic acids is 3. The molecule has 3 aliphatic rings. The third-order valence-electron chi connectivity index (χ3n) is 5.30. The van der Waals surface area contributed by atoms with Gasteiger partial charge in [-0.2, -0.15) is 0 Å². The smallest absolute Gasteiger partial charge is 0.325 e. The number of fused-ring (bicyclic) bond motifs is 1. The minimum absolute atomic E-state index is 0.221. The Kier molecular flexibility index (Phi) is 3.95. The predicted octanol–water partition coefficient (Wildman–Crippen LogP) is 1.07. The topological polar surface area (TPSA) is 79.0 Å². The lowest BCUT2D eigenvalue weighted by Crippen LogP contribution is -2.51. The van der Waals surface area contributed by atoms with Gasteiger partial charge in [0.25, 0.3) is 5.91 Å². The van der Waals surface area contributed by atoms with Gasteiger partial charge in [-0.25, -0.2) is 4.79 Å². The summed E-state index contributed by atoms with van der Waals surface area (Å²) in [6, 6.07) is 7.30. The summed E-state index contributed by atoms with van der Waals surface area (Å²) in [4.78, 5) is 40.6. The van der Waals surface area contributed by atoms with Gasteiger partial charge in [0.15, 0.2) is 0 Å². The highest BCUT2D eigenvalue weighted by Crippen LogP contribution is 2.30. The summed E-state index contributed by atoms with van der Waals surface area (Å²) in [6.07, 6.45) is 2.72. The number of benzene rings is 1. The zero-order valence-corrected chi connectivity index (χ0v) is 14.0. The van der Waals surface area contributed by atoms with Crippen LogP contribution < -0.4 is 10.2 Å². The first-order chi connectivity index (χ1) is 12.1. The van der Waals surface area contributed by atoms with Gasteiger partial charge in [0, 0.05) is 38.3 Å². The van der Waals surface area contributed by atoms with Crippen molar-refractivity contribution in [1.29, 1.82) is 0 Å². The first-order valence-electron chi connectivity index (χ1n) is 8.71. The van der Waals surface area contributed by atoms with E-state index in [-0.39, 0.29) is 18.4 Å². The van der Waals surface area contributed by atoms with E-state index in [9.17, 15) is 14.4 Å². The molecule has 3 heterocycles. The molecule has 0 saturated carbocycles. The number of anilines is 1. The van der Waals surface area contributed by atoms with Crippen molar-refractivity contribution in [3.05, 3.63) is 29.8 Å². The number of rotatable bonds is 2. The largest absolute Gasteiger partial charge is 0.381 e. The third kappa shape index (κ3) is 2.68. The number of urea groups is 1. The number of ether oxygens (including phenoxy) is 1. The lowest BCUT2D eigenvalue weighted by atomic mass is 9.90. The molecule has 2 saturated heterocycles. The molecule has 1 N–H and O–H groups in total. The highest BCUT2D eigenvalue weighted by molar-refractivity contribution is 6.10. The molecule has 0 bridgehead atoms. The first kappa shape index (κ1) is 16.1. The van der Waals surface area contributed by atoms with Crippen molar-refractivity contribution >= 4 is 23.5 Å². The van der Waals surface area contributed by atoms with Crippen molar-refractivity contribution in [2.45, 2.75) is 31.2 Å². The van der Waals surface area contributed by atoms with Crippen LogP contribution in [0.25, 0.3) is 0 Å². The molecule has 25 heavy (non-hydrogen) atoms. The van der Waals surface area contributed by atoms with Gasteiger partial charge in [-0.15, -0.1) is 0 Å². The standard InChI is InChI=1S/C18H21N3O4/c22-15(20-9-3-5-13-4-1-2-6-14(13)20)12-21-16(23)18(19-17(21)24)7-10-25-11-8-18/h1-2,4,6H,3,5,7-12H2,(H,19,24). The fourth-order valence-corrected chi connectivity index (χ4v) is 3.89. The molecule has 0 unspecified atom stereocenters. The van der Waals surface area contributed by atoms with Crippen LogP contribution in [0.4, 0.5) is 10.5 Å². The molecule has 4 rings (SSSR count). The Bertz CT molecular complexity index is 727. The summed E-state index contributed by atoms with van der Waals surface area (Å²) in [5.74, 6) is -0.529. The summed E-state index contributed by atoms with van der Waals surface area (Å²) in [7, 11) is 0. The second kappa shape index (κ2) is 6.15. The Hall–Kier alpha value is -2.41. The van der Waals surface area contributed by atoms with E-state index in [1.807, 2.05) is 24.3 Å². The molecule has 0 radical (unpaired) electrons. The molecule has 3 aliphatic heterocycles. The highest BCUT2D eigenvalue weighted by Gasteiger charge is 2.52. The molecule has 0 aliphatic carbocycles. The predicted molar refractivity (Wildman–Crippen MR) is 90.1 cm³/mol. The normalized spacial score (nSPS) is 22.1. The second-order valence-electron chi connectivity index (χ2n) is 6.79. The van der Waals surface area contributed by atoms with Gasteiger partial charge in [-0.05, 0) is 24.5 Å². The number of aryl methyl sites for hydroxylation is 1. The van der Waals surface area contributed by atoms with E-state index in [0.29, 0.717) is 32.6 Å². The second-order valence-corrected chi connectivity index (χ2v) is 6.79. The van der Waals surface area contributed by atoms with Crippen molar-refractivity contribution < 1.29 is 19.1 Å². The number of carbonyl (C=O) groups is 3. The number of amides is 4. The van der Waals surface area contributed by atoms with Crippen LogP contribution in [0.15, 0.2) is 24.3 Å². The van der Waals surface area contributed by atoms with Crippen molar-refractivity contribution in [3.63, 3.8) is 0 Å². The SMILES string of the molecule is O=C1NC2(CCOCC2)C(=O)N1CC(=O)N1CCCc2ccccc21. The van der Waals surface area contributed by atoms with Crippen molar-refractivity contribution in [3.8, 4) is 0 Å². The Morgan fingerprint density at radius 1 is 1.20 bits per heavy atom. The zero-order chi connectivity index (χ0) is 17.4. The number of nitrogens with zero attached hydrogens (tertiary/aromatic N) is 2. The number of para-hydroxylation sites is 1.